The Bertz CT molecular complexity index is 887. The molecule has 2 amide bonds. The largest absolute Gasteiger partial charge is 0.356 e. The molecule has 2 aliphatic rings. The minimum atomic E-state index is -0.801. The van der Waals surface area contributed by atoms with Crippen molar-refractivity contribution in [3.63, 3.8) is 0 Å². The van der Waals surface area contributed by atoms with E-state index in [4.69, 9.17) is 4.74 Å². The second-order valence-corrected chi connectivity index (χ2v) is 7.11. The van der Waals surface area contributed by atoms with E-state index in [1.54, 1.807) is 18.5 Å². The van der Waals surface area contributed by atoms with Gasteiger partial charge in [-0.2, -0.15) is 0 Å². The molecule has 3 heterocycles. The predicted molar refractivity (Wildman–Crippen MR) is 100 cm³/mol. The molecule has 4 rings (SSSR count). The molecule has 0 aromatic carbocycles. The number of ether oxygens (including phenoxy) is 1. The summed E-state index contributed by atoms with van der Waals surface area (Å²) in [5, 5.41) is 5.70. The first-order chi connectivity index (χ1) is 13.6. The summed E-state index contributed by atoms with van der Waals surface area (Å²) in [7, 11) is 0. The number of carbonyl (C=O) groups excluding carboxylic acids is 2. The van der Waals surface area contributed by atoms with E-state index in [1.165, 1.54) is 5.56 Å². The van der Waals surface area contributed by atoms with Crippen molar-refractivity contribution in [3.05, 3.63) is 52.9 Å². The van der Waals surface area contributed by atoms with Gasteiger partial charge in [-0.15, -0.1) is 0 Å². The summed E-state index contributed by atoms with van der Waals surface area (Å²) in [6, 6.07) is 3.01. The Morgan fingerprint density at radius 1 is 1.36 bits per heavy atom. The fraction of sp³-hybridized carbons (Fsp3) is 0.450. The number of morpholine rings is 1. The molecule has 28 heavy (non-hydrogen) atoms. The number of aryl methyl sites for hydroxylation is 2. The zero-order valence-corrected chi connectivity index (χ0v) is 15.8. The Morgan fingerprint density at radius 2 is 2.25 bits per heavy atom. The maximum atomic E-state index is 12.7. The lowest BCUT2D eigenvalue weighted by Gasteiger charge is -2.31. The SMILES string of the molecule is Cc1nc(CCNC(=O)[C@H]2OCC(=O)N[C@@H]2c2cccnc2)nc2c1CCC2. The molecule has 8 heteroatoms. The van der Waals surface area contributed by atoms with Crippen LogP contribution in [0.25, 0.3) is 0 Å². The average Bonchev–Trinajstić information content (AvgIpc) is 3.18. The van der Waals surface area contributed by atoms with E-state index >= 15 is 0 Å². The minimum Gasteiger partial charge on any atom is -0.356 e. The van der Waals surface area contributed by atoms with Gasteiger partial charge in [0, 0.05) is 36.7 Å². The molecule has 2 atom stereocenters. The fourth-order valence-electron chi connectivity index (χ4n) is 3.79. The molecule has 0 saturated carbocycles. The summed E-state index contributed by atoms with van der Waals surface area (Å²) in [5.41, 5.74) is 4.19. The van der Waals surface area contributed by atoms with E-state index in [-0.39, 0.29) is 18.4 Å². The van der Waals surface area contributed by atoms with Crippen molar-refractivity contribution >= 4 is 11.8 Å². The highest BCUT2D eigenvalue weighted by atomic mass is 16.5. The molecule has 0 radical (unpaired) electrons. The lowest BCUT2D eigenvalue weighted by atomic mass is 10.0. The van der Waals surface area contributed by atoms with Gasteiger partial charge in [0.05, 0.1) is 6.04 Å². The van der Waals surface area contributed by atoms with Crippen LogP contribution in [0.5, 0.6) is 0 Å². The van der Waals surface area contributed by atoms with Crippen molar-refractivity contribution < 1.29 is 14.3 Å². The molecule has 8 nitrogen and oxygen atoms in total. The van der Waals surface area contributed by atoms with E-state index < -0.39 is 12.1 Å². The zero-order valence-electron chi connectivity index (χ0n) is 15.8. The van der Waals surface area contributed by atoms with Crippen LogP contribution in [0.4, 0.5) is 0 Å². The van der Waals surface area contributed by atoms with E-state index in [9.17, 15) is 9.59 Å². The Morgan fingerprint density at radius 3 is 3.07 bits per heavy atom. The summed E-state index contributed by atoms with van der Waals surface area (Å²) in [6.45, 7) is 2.29. The monoisotopic (exact) mass is 381 g/mol. The third-order valence-electron chi connectivity index (χ3n) is 5.15. The number of hydrogen-bond donors (Lipinski definition) is 2. The van der Waals surface area contributed by atoms with Crippen LogP contribution >= 0.6 is 0 Å². The maximum Gasteiger partial charge on any atom is 0.251 e. The third-order valence-corrected chi connectivity index (χ3v) is 5.15. The predicted octanol–water partition coefficient (Wildman–Crippen LogP) is 0.584. The molecule has 2 aromatic heterocycles. The number of rotatable bonds is 5. The number of amides is 2. The maximum absolute atomic E-state index is 12.7. The van der Waals surface area contributed by atoms with E-state index in [2.05, 4.69) is 25.6 Å². The lowest BCUT2D eigenvalue weighted by molar-refractivity contribution is -0.148. The summed E-state index contributed by atoms with van der Waals surface area (Å²) in [5.74, 6) is 0.228. The Hall–Kier alpha value is -2.87. The molecule has 2 aromatic rings. The molecule has 146 valence electrons. The molecule has 1 aliphatic heterocycles. The van der Waals surface area contributed by atoms with Crippen molar-refractivity contribution in [1.29, 1.82) is 0 Å². The normalized spacial score (nSPS) is 21.1. The molecule has 2 N–H and O–H groups in total. The van der Waals surface area contributed by atoms with Crippen LogP contribution in [0.2, 0.25) is 0 Å². The first-order valence-corrected chi connectivity index (χ1v) is 9.55. The van der Waals surface area contributed by atoms with Gasteiger partial charge in [0.1, 0.15) is 12.4 Å². The van der Waals surface area contributed by atoms with Crippen molar-refractivity contribution in [2.75, 3.05) is 13.2 Å². The van der Waals surface area contributed by atoms with Crippen LogP contribution in [0, 0.1) is 6.92 Å². The first-order valence-electron chi connectivity index (χ1n) is 9.55. The highest BCUT2D eigenvalue weighted by Gasteiger charge is 2.36. The zero-order chi connectivity index (χ0) is 19.5. The molecule has 1 saturated heterocycles. The van der Waals surface area contributed by atoms with Gasteiger partial charge in [-0.3, -0.25) is 14.6 Å². The van der Waals surface area contributed by atoms with E-state index in [0.717, 1.165) is 42.0 Å². The number of hydrogen-bond acceptors (Lipinski definition) is 6. The van der Waals surface area contributed by atoms with Crippen molar-refractivity contribution in [2.45, 2.75) is 44.8 Å². The van der Waals surface area contributed by atoms with Gasteiger partial charge in [0.2, 0.25) is 5.91 Å². The van der Waals surface area contributed by atoms with Gasteiger partial charge in [0.25, 0.3) is 5.91 Å². The topological polar surface area (TPSA) is 106 Å². The van der Waals surface area contributed by atoms with E-state index in [1.807, 2.05) is 13.0 Å². The second kappa shape index (κ2) is 8.02. The Balaban J connectivity index is 1.39. The van der Waals surface area contributed by atoms with Crippen molar-refractivity contribution in [2.24, 2.45) is 0 Å². The van der Waals surface area contributed by atoms with Crippen LogP contribution in [-0.4, -0.2) is 46.0 Å². The summed E-state index contributed by atoms with van der Waals surface area (Å²) < 4.78 is 5.52. The molecule has 0 spiro atoms. The van der Waals surface area contributed by atoms with E-state index in [0.29, 0.717) is 13.0 Å². The summed E-state index contributed by atoms with van der Waals surface area (Å²) in [6.07, 6.45) is 6.20. The molecule has 1 fully saturated rings. The van der Waals surface area contributed by atoms with Crippen LogP contribution in [-0.2, 0) is 33.6 Å². The number of carbonyl (C=O) groups is 2. The van der Waals surface area contributed by atoms with Gasteiger partial charge in [-0.25, -0.2) is 9.97 Å². The third kappa shape index (κ3) is 3.87. The van der Waals surface area contributed by atoms with Crippen molar-refractivity contribution in [3.8, 4) is 0 Å². The minimum absolute atomic E-state index is 0.137. The van der Waals surface area contributed by atoms with Crippen molar-refractivity contribution in [1.82, 2.24) is 25.6 Å². The number of nitrogens with one attached hydrogen (secondary N) is 2. The highest BCUT2D eigenvalue weighted by molar-refractivity contribution is 5.86. The highest BCUT2D eigenvalue weighted by Crippen LogP contribution is 2.23. The number of aromatic nitrogens is 3. The second-order valence-electron chi connectivity index (χ2n) is 7.11. The quantitative estimate of drug-likeness (QED) is 0.785. The van der Waals surface area contributed by atoms with Crippen LogP contribution in [0.3, 0.4) is 0 Å². The molecule has 0 unspecified atom stereocenters. The number of nitrogens with zero attached hydrogens (tertiary/aromatic N) is 3. The van der Waals surface area contributed by atoms with Crippen LogP contribution < -0.4 is 10.6 Å². The molecular formula is C20H23N5O3. The molecule has 1 aliphatic carbocycles. The number of pyridine rings is 1. The average molecular weight is 381 g/mol. The summed E-state index contributed by atoms with van der Waals surface area (Å²) >= 11 is 0. The van der Waals surface area contributed by atoms with Crippen LogP contribution in [0.15, 0.2) is 24.5 Å². The smallest absolute Gasteiger partial charge is 0.251 e. The van der Waals surface area contributed by atoms with Gasteiger partial charge >= 0.3 is 0 Å². The lowest BCUT2D eigenvalue weighted by Crippen LogP contribution is -2.52. The fourth-order valence-corrected chi connectivity index (χ4v) is 3.79. The van der Waals surface area contributed by atoms with Gasteiger partial charge in [0.15, 0.2) is 6.10 Å². The Kier molecular flexibility index (Phi) is 5.29. The van der Waals surface area contributed by atoms with Gasteiger partial charge < -0.3 is 15.4 Å². The van der Waals surface area contributed by atoms with Gasteiger partial charge in [-0.1, -0.05) is 6.07 Å². The summed E-state index contributed by atoms with van der Waals surface area (Å²) in [4.78, 5) is 37.7. The Labute approximate surface area is 163 Å². The first kappa shape index (κ1) is 18.5. The number of fused-ring (bicyclic) bond motifs is 1. The van der Waals surface area contributed by atoms with Crippen LogP contribution in [0.1, 0.15) is 40.8 Å². The van der Waals surface area contributed by atoms with Gasteiger partial charge in [-0.05, 0) is 43.4 Å². The standard InChI is InChI=1S/C20H23N5O3/c1-12-14-5-2-6-15(14)24-16(23-12)7-9-22-20(27)19-18(25-17(26)11-28-19)13-4-3-8-21-10-13/h3-4,8,10,18-19H,2,5-7,9,11H2,1H3,(H,22,27)(H,25,26)/t18-,19+/m1/s1. The molecule has 0 bridgehead atoms. The molecular weight excluding hydrogens is 358 g/mol.